The number of thiazole rings is 1. The number of H-pyrrole nitrogens is 1. The van der Waals surface area contributed by atoms with Crippen LogP contribution in [0.2, 0.25) is 0 Å². The number of aromatic amines is 1. The van der Waals surface area contributed by atoms with Crippen molar-refractivity contribution >= 4 is 39.7 Å². The molecule has 0 spiro atoms. The maximum absolute atomic E-state index is 14.3. The molecule has 1 amide bonds. The van der Waals surface area contributed by atoms with E-state index < -0.39 is 17.4 Å². The molecule has 1 aliphatic heterocycles. The van der Waals surface area contributed by atoms with E-state index in [2.05, 4.69) is 30.5 Å². The Morgan fingerprint density at radius 1 is 1.23 bits per heavy atom. The molecule has 0 aliphatic carbocycles. The number of amides is 1. The number of piperazine rings is 1. The zero-order valence-corrected chi connectivity index (χ0v) is 17.1. The minimum atomic E-state index is -0.548. The number of imidazole rings is 1. The van der Waals surface area contributed by atoms with E-state index in [4.69, 9.17) is 0 Å². The average molecular weight is 439 g/mol. The van der Waals surface area contributed by atoms with Gasteiger partial charge in [0.25, 0.3) is 5.91 Å². The second-order valence-electron chi connectivity index (χ2n) is 7.00. The van der Waals surface area contributed by atoms with Gasteiger partial charge in [-0.15, -0.1) is 11.3 Å². The van der Waals surface area contributed by atoms with Gasteiger partial charge in [0.1, 0.15) is 17.0 Å². The SMILES string of the molecule is O=C(Nc1cnccc1N1CCNCC1)c1csc(-n2c(=O)[nH]c3cccc(F)c32)n1. The number of halogens is 1. The number of carbonyl (C=O) groups is 1. The first-order valence-corrected chi connectivity index (χ1v) is 10.6. The second-order valence-corrected chi connectivity index (χ2v) is 7.84. The summed E-state index contributed by atoms with van der Waals surface area (Å²) in [5, 5.41) is 7.90. The molecule has 1 aromatic carbocycles. The number of benzene rings is 1. The summed E-state index contributed by atoms with van der Waals surface area (Å²) in [6.45, 7) is 3.37. The summed E-state index contributed by atoms with van der Waals surface area (Å²) in [4.78, 5) is 38.4. The number of rotatable bonds is 4. The first-order valence-electron chi connectivity index (χ1n) is 9.68. The maximum atomic E-state index is 14.3. The van der Waals surface area contributed by atoms with Gasteiger partial charge in [0.15, 0.2) is 5.13 Å². The van der Waals surface area contributed by atoms with Crippen molar-refractivity contribution < 1.29 is 9.18 Å². The van der Waals surface area contributed by atoms with Crippen molar-refractivity contribution in [3.63, 3.8) is 0 Å². The molecule has 1 fully saturated rings. The summed E-state index contributed by atoms with van der Waals surface area (Å²) in [5.74, 6) is -0.978. The largest absolute Gasteiger partial charge is 0.367 e. The van der Waals surface area contributed by atoms with E-state index in [1.807, 2.05) is 6.07 Å². The lowest BCUT2D eigenvalue weighted by atomic mass is 10.2. The zero-order valence-electron chi connectivity index (χ0n) is 16.3. The van der Waals surface area contributed by atoms with Crippen molar-refractivity contribution in [2.75, 3.05) is 36.4 Å². The third-order valence-electron chi connectivity index (χ3n) is 5.08. The van der Waals surface area contributed by atoms with Gasteiger partial charge in [-0.2, -0.15) is 0 Å². The molecular weight excluding hydrogens is 421 g/mol. The van der Waals surface area contributed by atoms with Gasteiger partial charge in [-0.25, -0.2) is 18.7 Å². The van der Waals surface area contributed by atoms with Crippen LogP contribution < -0.4 is 21.2 Å². The fraction of sp³-hybridized carbons (Fsp3) is 0.200. The van der Waals surface area contributed by atoms with E-state index in [-0.39, 0.29) is 16.3 Å². The Morgan fingerprint density at radius 3 is 2.90 bits per heavy atom. The van der Waals surface area contributed by atoms with Gasteiger partial charge in [0.05, 0.1) is 23.1 Å². The number of anilines is 2. The van der Waals surface area contributed by atoms with Gasteiger partial charge in [-0.1, -0.05) is 6.07 Å². The highest BCUT2D eigenvalue weighted by molar-refractivity contribution is 7.12. The number of nitrogens with one attached hydrogen (secondary N) is 3. The molecule has 0 saturated carbocycles. The van der Waals surface area contributed by atoms with E-state index >= 15 is 0 Å². The highest BCUT2D eigenvalue weighted by atomic mass is 32.1. The second kappa shape index (κ2) is 7.93. The van der Waals surface area contributed by atoms with Gasteiger partial charge in [0, 0.05) is 37.8 Å². The van der Waals surface area contributed by atoms with Gasteiger partial charge in [-0.3, -0.25) is 9.78 Å². The van der Waals surface area contributed by atoms with Gasteiger partial charge < -0.3 is 20.5 Å². The molecule has 3 N–H and O–H groups in total. The third kappa shape index (κ3) is 3.57. The molecular formula is C20H18FN7O2S. The number of carbonyl (C=O) groups excluding carboxylic acids is 1. The average Bonchev–Trinajstić information content (AvgIpc) is 3.39. The monoisotopic (exact) mass is 439 g/mol. The maximum Gasteiger partial charge on any atom is 0.333 e. The third-order valence-corrected chi connectivity index (χ3v) is 5.90. The van der Waals surface area contributed by atoms with Crippen LogP contribution in [0.3, 0.4) is 0 Å². The van der Waals surface area contributed by atoms with Crippen LogP contribution in [0.25, 0.3) is 16.2 Å². The fourth-order valence-corrected chi connectivity index (χ4v) is 4.43. The van der Waals surface area contributed by atoms with Crippen molar-refractivity contribution in [1.82, 2.24) is 24.8 Å². The lowest BCUT2D eigenvalue weighted by molar-refractivity contribution is 0.102. The fourth-order valence-electron chi connectivity index (χ4n) is 3.62. The Labute approximate surface area is 179 Å². The number of fused-ring (bicyclic) bond motifs is 1. The van der Waals surface area contributed by atoms with Crippen LogP contribution in [0.1, 0.15) is 10.5 Å². The zero-order chi connectivity index (χ0) is 21.4. The predicted molar refractivity (Wildman–Crippen MR) is 117 cm³/mol. The smallest absolute Gasteiger partial charge is 0.333 e. The molecule has 158 valence electrons. The van der Waals surface area contributed by atoms with Crippen LogP contribution in [-0.4, -0.2) is 51.6 Å². The summed E-state index contributed by atoms with van der Waals surface area (Å²) < 4.78 is 15.5. The minimum Gasteiger partial charge on any atom is -0.367 e. The quantitative estimate of drug-likeness (QED) is 0.449. The van der Waals surface area contributed by atoms with E-state index in [1.54, 1.807) is 18.5 Å². The highest BCUT2D eigenvalue weighted by Gasteiger charge is 2.20. The normalized spacial score (nSPS) is 14.2. The lowest BCUT2D eigenvalue weighted by Crippen LogP contribution is -2.43. The molecule has 0 unspecified atom stereocenters. The Bertz CT molecular complexity index is 1320. The first-order chi connectivity index (χ1) is 15.1. The van der Waals surface area contributed by atoms with Crippen LogP contribution >= 0.6 is 11.3 Å². The number of pyridine rings is 1. The summed E-state index contributed by atoms with van der Waals surface area (Å²) in [6, 6.07) is 6.26. The molecule has 0 radical (unpaired) electrons. The van der Waals surface area contributed by atoms with Crippen LogP contribution in [0, 0.1) is 5.82 Å². The molecule has 11 heteroatoms. The molecule has 4 aromatic rings. The number of hydrogen-bond donors (Lipinski definition) is 3. The molecule has 5 rings (SSSR count). The number of para-hydroxylation sites is 1. The van der Waals surface area contributed by atoms with Crippen LogP contribution in [0.4, 0.5) is 15.8 Å². The van der Waals surface area contributed by atoms with Gasteiger partial charge in [-0.05, 0) is 18.2 Å². The first kappa shape index (κ1) is 19.4. The molecule has 3 aromatic heterocycles. The van der Waals surface area contributed by atoms with Crippen molar-refractivity contribution in [1.29, 1.82) is 0 Å². The molecule has 4 heterocycles. The number of aromatic nitrogens is 4. The standard InChI is InChI=1S/C20H18FN7O2S/c21-12-2-1-3-13-17(12)28(19(30)25-13)20-26-15(11-31-20)18(29)24-14-10-23-5-4-16(14)27-8-6-22-7-9-27/h1-5,10-11,22H,6-9H2,(H,24,29)(H,25,30). The topological polar surface area (TPSA) is 108 Å². The molecule has 0 bridgehead atoms. The van der Waals surface area contributed by atoms with Crippen LogP contribution in [0.15, 0.2) is 46.8 Å². The van der Waals surface area contributed by atoms with Crippen molar-refractivity contribution in [2.45, 2.75) is 0 Å². The van der Waals surface area contributed by atoms with E-state index in [0.29, 0.717) is 11.2 Å². The molecule has 1 aliphatic rings. The number of nitrogens with zero attached hydrogens (tertiary/aromatic N) is 4. The lowest BCUT2D eigenvalue weighted by Gasteiger charge is -2.30. The Balaban J connectivity index is 1.44. The molecule has 0 atom stereocenters. The minimum absolute atomic E-state index is 0.0991. The van der Waals surface area contributed by atoms with Crippen molar-refractivity contribution in [2.24, 2.45) is 0 Å². The Hall–Kier alpha value is -3.57. The number of hydrogen-bond acceptors (Lipinski definition) is 7. The van der Waals surface area contributed by atoms with Crippen LogP contribution in [-0.2, 0) is 0 Å². The molecule has 31 heavy (non-hydrogen) atoms. The van der Waals surface area contributed by atoms with Gasteiger partial charge in [0.2, 0.25) is 0 Å². The Morgan fingerprint density at radius 2 is 2.06 bits per heavy atom. The highest BCUT2D eigenvalue weighted by Crippen LogP contribution is 2.26. The molecule has 9 nitrogen and oxygen atoms in total. The van der Waals surface area contributed by atoms with E-state index in [0.717, 1.165) is 47.8 Å². The van der Waals surface area contributed by atoms with Gasteiger partial charge >= 0.3 is 5.69 Å². The van der Waals surface area contributed by atoms with E-state index in [9.17, 15) is 14.0 Å². The summed E-state index contributed by atoms with van der Waals surface area (Å²) >= 11 is 1.09. The Kier molecular flexibility index (Phi) is 4.96. The van der Waals surface area contributed by atoms with Crippen molar-refractivity contribution in [3.05, 3.63) is 64.0 Å². The summed E-state index contributed by atoms with van der Waals surface area (Å²) in [5.41, 5.74) is 1.54. The van der Waals surface area contributed by atoms with Crippen LogP contribution in [0.5, 0.6) is 0 Å². The summed E-state index contributed by atoms with van der Waals surface area (Å²) in [6.07, 6.45) is 3.29. The van der Waals surface area contributed by atoms with E-state index in [1.165, 1.54) is 17.5 Å². The summed E-state index contributed by atoms with van der Waals surface area (Å²) in [7, 11) is 0. The van der Waals surface area contributed by atoms with Crippen molar-refractivity contribution in [3.8, 4) is 5.13 Å². The predicted octanol–water partition coefficient (Wildman–Crippen LogP) is 1.97. The molecule has 1 saturated heterocycles.